The second kappa shape index (κ2) is 4.84. The maximum atomic E-state index is 9.18. The number of aliphatic hydroxyl groups excluding tert-OH is 2. The minimum atomic E-state index is -0.400. The molecule has 13 heavy (non-hydrogen) atoms. The van der Waals surface area contributed by atoms with E-state index < -0.39 is 6.10 Å². The highest BCUT2D eigenvalue weighted by molar-refractivity contribution is 5.33. The molecule has 0 fully saturated rings. The summed E-state index contributed by atoms with van der Waals surface area (Å²) in [4.78, 5) is 0. The smallest absolute Gasteiger partial charge is 0.186 e. The molecular weight excluding hydrogens is 168 g/mol. The van der Waals surface area contributed by atoms with E-state index in [0.717, 1.165) is 5.56 Å². The first-order valence-electron chi connectivity index (χ1n) is 4.23. The van der Waals surface area contributed by atoms with Gasteiger partial charge < -0.3 is 14.9 Å². The van der Waals surface area contributed by atoms with Crippen molar-refractivity contribution in [2.75, 3.05) is 6.79 Å². The van der Waals surface area contributed by atoms with Crippen molar-refractivity contribution in [3.05, 3.63) is 29.8 Å². The molecule has 3 heteroatoms. The molecule has 1 aromatic carbocycles. The molecule has 0 aliphatic heterocycles. The zero-order valence-electron chi connectivity index (χ0n) is 7.60. The Morgan fingerprint density at radius 1 is 1.38 bits per heavy atom. The maximum Gasteiger partial charge on any atom is 0.186 e. The minimum absolute atomic E-state index is 0.336. The normalized spacial score (nSPS) is 12.5. The number of aliphatic hydroxyl groups is 2. The van der Waals surface area contributed by atoms with Crippen LogP contribution in [0, 0.1) is 0 Å². The standard InChI is InChI=1S/C10H14O3/c1-8(12)6-9-4-2-3-5-10(9)13-7-11/h2-5,8,11-12H,6-7H2,1H3. The van der Waals surface area contributed by atoms with Gasteiger partial charge in [0.25, 0.3) is 0 Å². The van der Waals surface area contributed by atoms with Crippen molar-refractivity contribution in [3.8, 4) is 5.75 Å². The fraction of sp³-hybridized carbons (Fsp3) is 0.400. The minimum Gasteiger partial charge on any atom is -0.467 e. The fourth-order valence-electron chi connectivity index (χ4n) is 1.20. The van der Waals surface area contributed by atoms with Gasteiger partial charge in [-0.25, -0.2) is 0 Å². The topological polar surface area (TPSA) is 49.7 Å². The van der Waals surface area contributed by atoms with Crippen molar-refractivity contribution in [1.82, 2.24) is 0 Å². The van der Waals surface area contributed by atoms with Gasteiger partial charge in [0.1, 0.15) is 5.75 Å². The summed E-state index contributed by atoms with van der Waals surface area (Å²) in [6.07, 6.45) is 0.138. The first kappa shape index (κ1) is 10.0. The van der Waals surface area contributed by atoms with E-state index >= 15 is 0 Å². The van der Waals surface area contributed by atoms with Gasteiger partial charge in [-0.15, -0.1) is 0 Å². The van der Waals surface area contributed by atoms with Crippen molar-refractivity contribution in [2.24, 2.45) is 0 Å². The third kappa shape index (κ3) is 3.05. The lowest BCUT2D eigenvalue weighted by Gasteiger charge is -2.10. The maximum absolute atomic E-state index is 9.18. The van der Waals surface area contributed by atoms with Crippen molar-refractivity contribution in [3.63, 3.8) is 0 Å². The molecular formula is C10H14O3. The van der Waals surface area contributed by atoms with Gasteiger partial charge in [0.15, 0.2) is 6.79 Å². The lowest BCUT2D eigenvalue weighted by Crippen LogP contribution is -2.06. The third-order valence-corrected chi connectivity index (χ3v) is 1.71. The van der Waals surface area contributed by atoms with Crippen LogP contribution < -0.4 is 4.74 Å². The van der Waals surface area contributed by atoms with Crippen LogP contribution in [-0.2, 0) is 6.42 Å². The van der Waals surface area contributed by atoms with Gasteiger partial charge in [0.2, 0.25) is 0 Å². The van der Waals surface area contributed by atoms with E-state index in [1.807, 2.05) is 18.2 Å². The molecule has 1 aromatic rings. The summed E-state index contributed by atoms with van der Waals surface area (Å²) in [5.74, 6) is 0.630. The van der Waals surface area contributed by atoms with E-state index in [-0.39, 0.29) is 6.79 Å². The summed E-state index contributed by atoms with van der Waals surface area (Å²) in [7, 11) is 0. The van der Waals surface area contributed by atoms with E-state index in [0.29, 0.717) is 12.2 Å². The molecule has 0 aromatic heterocycles. The quantitative estimate of drug-likeness (QED) is 0.681. The van der Waals surface area contributed by atoms with Crippen LogP contribution in [0.1, 0.15) is 12.5 Å². The monoisotopic (exact) mass is 182 g/mol. The SMILES string of the molecule is CC(O)Cc1ccccc1OCO. The van der Waals surface area contributed by atoms with Crippen molar-refractivity contribution < 1.29 is 14.9 Å². The molecule has 0 saturated carbocycles. The second-order valence-corrected chi connectivity index (χ2v) is 2.93. The van der Waals surface area contributed by atoms with Crippen LogP contribution >= 0.6 is 0 Å². The zero-order valence-corrected chi connectivity index (χ0v) is 7.60. The molecule has 1 rings (SSSR count). The number of benzene rings is 1. The summed E-state index contributed by atoms with van der Waals surface area (Å²) in [6, 6.07) is 7.35. The molecule has 0 aliphatic carbocycles. The molecule has 0 radical (unpaired) electrons. The Labute approximate surface area is 77.6 Å². The summed E-state index contributed by atoms with van der Waals surface area (Å²) in [5, 5.41) is 17.8. The lowest BCUT2D eigenvalue weighted by molar-refractivity contribution is 0.0964. The van der Waals surface area contributed by atoms with Crippen LogP contribution in [0.25, 0.3) is 0 Å². The van der Waals surface area contributed by atoms with Gasteiger partial charge in [0, 0.05) is 6.42 Å². The first-order chi connectivity index (χ1) is 6.24. The van der Waals surface area contributed by atoms with Crippen LogP contribution in [0.5, 0.6) is 5.75 Å². The fourth-order valence-corrected chi connectivity index (χ4v) is 1.20. The van der Waals surface area contributed by atoms with Gasteiger partial charge in [-0.2, -0.15) is 0 Å². The molecule has 2 N–H and O–H groups in total. The highest BCUT2D eigenvalue weighted by Gasteiger charge is 2.04. The third-order valence-electron chi connectivity index (χ3n) is 1.71. The summed E-state index contributed by atoms with van der Waals surface area (Å²) >= 11 is 0. The van der Waals surface area contributed by atoms with E-state index in [9.17, 15) is 5.11 Å². The van der Waals surface area contributed by atoms with Crippen molar-refractivity contribution in [2.45, 2.75) is 19.4 Å². The average Bonchev–Trinajstić information content (AvgIpc) is 2.08. The average molecular weight is 182 g/mol. The number of para-hydroxylation sites is 1. The Morgan fingerprint density at radius 3 is 2.69 bits per heavy atom. The second-order valence-electron chi connectivity index (χ2n) is 2.93. The van der Waals surface area contributed by atoms with E-state index in [2.05, 4.69) is 0 Å². The lowest BCUT2D eigenvalue weighted by atomic mass is 10.1. The van der Waals surface area contributed by atoms with Gasteiger partial charge in [-0.3, -0.25) is 0 Å². The summed E-state index contributed by atoms with van der Waals surface area (Å²) < 4.78 is 4.98. The number of ether oxygens (including phenoxy) is 1. The molecule has 0 bridgehead atoms. The number of rotatable bonds is 4. The van der Waals surface area contributed by atoms with Crippen molar-refractivity contribution in [1.29, 1.82) is 0 Å². The van der Waals surface area contributed by atoms with Gasteiger partial charge in [0.05, 0.1) is 6.10 Å². The number of hydrogen-bond acceptors (Lipinski definition) is 3. The molecule has 0 heterocycles. The molecule has 0 spiro atoms. The molecule has 0 saturated heterocycles. The molecule has 1 atom stereocenters. The van der Waals surface area contributed by atoms with E-state index in [1.54, 1.807) is 13.0 Å². The Hall–Kier alpha value is -1.06. The van der Waals surface area contributed by atoms with Gasteiger partial charge >= 0.3 is 0 Å². The van der Waals surface area contributed by atoms with Gasteiger partial charge in [-0.1, -0.05) is 18.2 Å². The van der Waals surface area contributed by atoms with Gasteiger partial charge in [-0.05, 0) is 18.6 Å². The number of hydrogen-bond donors (Lipinski definition) is 2. The Morgan fingerprint density at radius 2 is 2.08 bits per heavy atom. The Kier molecular flexibility index (Phi) is 3.73. The Bertz CT molecular complexity index is 258. The highest BCUT2D eigenvalue weighted by Crippen LogP contribution is 2.19. The van der Waals surface area contributed by atoms with E-state index in [1.165, 1.54) is 0 Å². The predicted molar refractivity (Wildman–Crippen MR) is 49.5 cm³/mol. The van der Waals surface area contributed by atoms with Crippen LogP contribution in [0.3, 0.4) is 0 Å². The molecule has 1 unspecified atom stereocenters. The summed E-state index contributed by atoms with van der Waals surface area (Å²) in [6.45, 7) is 1.38. The largest absolute Gasteiger partial charge is 0.467 e. The highest BCUT2D eigenvalue weighted by atomic mass is 16.6. The van der Waals surface area contributed by atoms with Crippen LogP contribution in [0.2, 0.25) is 0 Å². The predicted octanol–water partition coefficient (Wildman–Crippen LogP) is 0.938. The van der Waals surface area contributed by atoms with E-state index in [4.69, 9.17) is 9.84 Å². The van der Waals surface area contributed by atoms with Crippen LogP contribution in [0.15, 0.2) is 24.3 Å². The molecule has 3 nitrogen and oxygen atoms in total. The zero-order chi connectivity index (χ0) is 9.68. The first-order valence-corrected chi connectivity index (χ1v) is 4.23. The molecule has 0 amide bonds. The molecule has 72 valence electrons. The van der Waals surface area contributed by atoms with Crippen LogP contribution in [-0.4, -0.2) is 23.1 Å². The Balaban J connectivity index is 2.78. The van der Waals surface area contributed by atoms with Crippen molar-refractivity contribution >= 4 is 0 Å². The summed E-state index contributed by atoms with van der Waals surface area (Å²) in [5.41, 5.74) is 0.909. The molecule has 0 aliphatic rings. The van der Waals surface area contributed by atoms with Crippen LogP contribution in [0.4, 0.5) is 0 Å².